The van der Waals surface area contributed by atoms with Gasteiger partial charge in [0.15, 0.2) is 0 Å². The zero-order valence-corrected chi connectivity index (χ0v) is 7.06. The fourth-order valence-corrected chi connectivity index (χ4v) is 2.04. The standard InChI is InChI=1S/C8H8N2S/c1-10-6-4-2-3-5-7(6)11-8(10)9/h2-5,9H,1H3/p+1. The Bertz CT molecular complexity index is 392. The monoisotopic (exact) mass is 165 g/mol. The first kappa shape index (κ1) is 6.61. The van der Waals surface area contributed by atoms with E-state index in [1.807, 2.05) is 23.7 Å². The lowest BCUT2D eigenvalue weighted by molar-refractivity contribution is -0.626. The van der Waals surface area contributed by atoms with E-state index in [2.05, 4.69) is 12.1 Å². The van der Waals surface area contributed by atoms with E-state index in [-0.39, 0.29) is 0 Å². The van der Waals surface area contributed by atoms with Gasteiger partial charge in [-0.15, -0.1) is 0 Å². The average Bonchev–Trinajstić information content (AvgIpc) is 2.30. The van der Waals surface area contributed by atoms with Crippen molar-refractivity contribution in [2.24, 2.45) is 7.05 Å². The van der Waals surface area contributed by atoms with Crippen molar-refractivity contribution in [3.05, 3.63) is 24.3 Å². The highest BCUT2D eigenvalue weighted by Crippen LogP contribution is 2.20. The molecule has 1 heterocycles. The Morgan fingerprint density at radius 3 is 2.82 bits per heavy atom. The second-order valence-corrected chi connectivity index (χ2v) is 3.53. The Morgan fingerprint density at radius 1 is 1.36 bits per heavy atom. The predicted octanol–water partition coefficient (Wildman–Crippen LogP) is 1.31. The van der Waals surface area contributed by atoms with Crippen molar-refractivity contribution in [3.8, 4) is 0 Å². The van der Waals surface area contributed by atoms with Crippen molar-refractivity contribution in [2.45, 2.75) is 0 Å². The summed E-state index contributed by atoms with van der Waals surface area (Å²) in [5, 5.41) is 0.853. The van der Waals surface area contributed by atoms with Gasteiger partial charge in [-0.25, -0.2) is 4.57 Å². The Morgan fingerprint density at radius 2 is 2.09 bits per heavy atom. The van der Waals surface area contributed by atoms with Gasteiger partial charge in [-0.3, -0.25) is 5.73 Å². The number of para-hydroxylation sites is 1. The molecule has 0 bridgehead atoms. The van der Waals surface area contributed by atoms with E-state index in [4.69, 9.17) is 5.73 Å². The normalized spacial score (nSPS) is 10.6. The molecule has 0 aliphatic rings. The van der Waals surface area contributed by atoms with Crippen LogP contribution in [-0.4, -0.2) is 0 Å². The molecule has 1 aromatic carbocycles. The van der Waals surface area contributed by atoms with Gasteiger partial charge in [0, 0.05) is 0 Å². The third-order valence-electron chi connectivity index (χ3n) is 1.77. The molecule has 0 aliphatic heterocycles. The Hall–Kier alpha value is -1.09. The lowest BCUT2D eigenvalue weighted by Crippen LogP contribution is -2.29. The average molecular weight is 165 g/mol. The van der Waals surface area contributed by atoms with E-state index < -0.39 is 0 Å². The number of nitrogen functional groups attached to an aromatic ring is 1. The van der Waals surface area contributed by atoms with Crippen molar-refractivity contribution < 1.29 is 4.57 Å². The Balaban J connectivity index is 2.92. The molecule has 56 valence electrons. The van der Waals surface area contributed by atoms with Crippen LogP contribution in [0.3, 0.4) is 0 Å². The highest BCUT2D eigenvalue weighted by Gasteiger charge is 2.08. The van der Waals surface area contributed by atoms with Crippen LogP contribution in [0.2, 0.25) is 0 Å². The van der Waals surface area contributed by atoms with Crippen LogP contribution in [0.25, 0.3) is 10.2 Å². The molecule has 2 nitrogen and oxygen atoms in total. The molecule has 0 spiro atoms. The van der Waals surface area contributed by atoms with Crippen LogP contribution in [0.5, 0.6) is 0 Å². The van der Waals surface area contributed by atoms with Gasteiger partial charge in [-0.1, -0.05) is 12.1 Å². The van der Waals surface area contributed by atoms with Crippen LogP contribution in [0.4, 0.5) is 5.13 Å². The minimum atomic E-state index is 0.853. The zero-order chi connectivity index (χ0) is 7.84. The molecule has 2 aromatic rings. The van der Waals surface area contributed by atoms with Crippen LogP contribution < -0.4 is 10.3 Å². The van der Waals surface area contributed by atoms with Gasteiger partial charge in [-0.2, -0.15) is 0 Å². The van der Waals surface area contributed by atoms with Crippen molar-refractivity contribution in [1.82, 2.24) is 0 Å². The van der Waals surface area contributed by atoms with E-state index in [9.17, 15) is 0 Å². The number of hydrogen-bond donors (Lipinski definition) is 1. The van der Waals surface area contributed by atoms with Crippen LogP contribution >= 0.6 is 11.3 Å². The molecule has 2 rings (SSSR count). The second kappa shape index (κ2) is 2.20. The number of anilines is 1. The van der Waals surface area contributed by atoms with Crippen molar-refractivity contribution >= 4 is 26.7 Å². The first-order valence-corrected chi connectivity index (χ1v) is 4.24. The summed E-state index contributed by atoms with van der Waals surface area (Å²) in [7, 11) is 1.98. The summed E-state index contributed by atoms with van der Waals surface area (Å²) < 4.78 is 3.24. The molecule has 0 unspecified atom stereocenters. The molecule has 0 amide bonds. The molecule has 11 heavy (non-hydrogen) atoms. The molecule has 0 saturated heterocycles. The van der Waals surface area contributed by atoms with Gasteiger partial charge in [-0.05, 0) is 23.5 Å². The van der Waals surface area contributed by atoms with Gasteiger partial charge in [0.1, 0.15) is 5.52 Å². The van der Waals surface area contributed by atoms with Crippen molar-refractivity contribution in [3.63, 3.8) is 0 Å². The summed E-state index contributed by atoms with van der Waals surface area (Å²) in [5.41, 5.74) is 6.94. The molecule has 0 radical (unpaired) electrons. The van der Waals surface area contributed by atoms with E-state index in [0.717, 1.165) is 5.13 Å². The first-order chi connectivity index (χ1) is 5.29. The van der Waals surface area contributed by atoms with Gasteiger partial charge in [0.2, 0.25) is 0 Å². The summed E-state index contributed by atoms with van der Waals surface area (Å²) in [6.07, 6.45) is 0. The maximum absolute atomic E-state index is 5.73. The van der Waals surface area contributed by atoms with E-state index in [1.54, 1.807) is 11.3 Å². The molecule has 3 heteroatoms. The molecule has 2 N–H and O–H groups in total. The van der Waals surface area contributed by atoms with Crippen LogP contribution in [0.1, 0.15) is 0 Å². The summed E-state index contributed by atoms with van der Waals surface area (Å²) in [5.74, 6) is 0. The largest absolute Gasteiger partial charge is 0.332 e. The van der Waals surface area contributed by atoms with Crippen LogP contribution in [0.15, 0.2) is 24.3 Å². The molecule has 0 saturated carbocycles. The SMILES string of the molecule is C[n+]1c(N)sc2ccccc21. The zero-order valence-electron chi connectivity index (χ0n) is 6.24. The lowest BCUT2D eigenvalue weighted by atomic mass is 10.3. The third-order valence-corrected chi connectivity index (χ3v) is 2.82. The number of rotatable bonds is 0. The highest BCUT2D eigenvalue weighted by molar-refractivity contribution is 7.21. The number of aromatic nitrogens is 1. The van der Waals surface area contributed by atoms with E-state index >= 15 is 0 Å². The van der Waals surface area contributed by atoms with Crippen molar-refractivity contribution in [2.75, 3.05) is 5.73 Å². The molecule has 0 atom stereocenters. The summed E-state index contributed by atoms with van der Waals surface area (Å²) in [6.45, 7) is 0. The maximum atomic E-state index is 5.73. The first-order valence-electron chi connectivity index (χ1n) is 3.42. The van der Waals surface area contributed by atoms with Gasteiger partial charge in [0.25, 0.3) is 0 Å². The topological polar surface area (TPSA) is 29.9 Å². The van der Waals surface area contributed by atoms with E-state index in [0.29, 0.717) is 0 Å². The third kappa shape index (κ3) is 0.886. The number of nitrogens with two attached hydrogens (primary N) is 1. The second-order valence-electron chi connectivity index (χ2n) is 2.47. The van der Waals surface area contributed by atoms with Gasteiger partial charge < -0.3 is 0 Å². The minimum absolute atomic E-state index is 0.853. The molecular formula is C8H9N2S+. The lowest BCUT2D eigenvalue weighted by Gasteiger charge is -1.86. The maximum Gasteiger partial charge on any atom is 0.332 e. The molecule has 1 aromatic heterocycles. The van der Waals surface area contributed by atoms with Gasteiger partial charge in [0.05, 0.1) is 11.7 Å². The fourth-order valence-electron chi connectivity index (χ4n) is 1.12. The van der Waals surface area contributed by atoms with Crippen LogP contribution in [0, 0.1) is 0 Å². The fraction of sp³-hybridized carbons (Fsp3) is 0.125. The quantitative estimate of drug-likeness (QED) is 0.586. The molecule has 0 aliphatic carbocycles. The molecular weight excluding hydrogens is 156 g/mol. The van der Waals surface area contributed by atoms with Crippen LogP contribution in [-0.2, 0) is 7.05 Å². The summed E-state index contributed by atoms with van der Waals surface area (Å²) >= 11 is 1.62. The van der Waals surface area contributed by atoms with Crippen molar-refractivity contribution in [1.29, 1.82) is 0 Å². The number of fused-ring (bicyclic) bond motifs is 1. The van der Waals surface area contributed by atoms with E-state index in [1.165, 1.54) is 10.2 Å². The number of benzene rings is 1. The smallest absolute Gasteiger partial charge is 0.278 e. The minimum Gasteiger partial charge on any atom is -0.278 e. The molecule has 0 fully saturated rings. The summed E-state index contributed by atoms with van der Waals surface area (Å²) in [4.78, 5) is 0. The van der Waals surface area contributed by atoms with Gasteiger partial charge >= 0.3 is 5.13 Å². The predicted molar refractivity (Wildman–Crippen MR) is 47.4 cm³/mol. The number of aryl methyl sites for hydroxylation is 1. The number of hydrogen-bond acceptors (Lipinski definition) is 2. The Kier molecular flexibility index (Phi) is 1.32. The number of thiazole rings is 1. The highest BCUT2D eigenvalue weighted by atomic mass is 32.1. The summed E-state index contributed by atoms with van der Waals surface area (Å²) in [6, 6.07) is 8.20. The number of nitrogens with zero attached hydrogens (tertiary/aromatic N) is 1. The Labute approximate surface area is 68.9 Å².